The van der Waals surface area contributed by atoms with Crippen LogP contribution in [-0.4, -0.2) is 23.4 Å². The summed E-state index contributed by atoms with van der Waals surface area (Å²) in [6, 6.07) is 4.92. The molecule has 1 N–H and O–H groups in total. The number of hydrogen-bond acceptors (Lipinski definition) is 4. The molecule has 0 saturated carbocycles. The minimum atomic E-state index is 0.296. The van der Waals surface area contributed by atoms with Crippen LogP contribution in [0.5, 0.6) is 5.75 Å². The van der Waals surface area contributed by atoms with Crippen LogP contribution in [0.1, 0.15) is 43.4 Å². The zero-order valence-electron chi connectivity index (χ0n) is 12.6. The molecule has 0 saturated heterocycles. The third-order valence-corrected chi connectivity index (χ3v) is 4.26. The first-order valence-corrected chi connectivity index (χ1v) is 7.91. The first-order valence-electron chi connectivity index (χ1n) is 7.03. The van der Waals surface area contributed by atoms with E-state index in [2.05, 4.69) is 49.5 Å². The van der Waals surface area contributed by atoms with Crippen molar-refractivity contribution in [1.29, 1.82) is 0 Å². The summed E-state index contributed by atoms with van der Waals surface area (Å²) in [5.41, 5.74) is 1.12. The van der Waals surface area contributed by atoms with Crippen molar-refractivity contribution < 1.29 is 4.74 Å². The SMILES string of the molecule is CCNC(Cc1ccn(C(C)C)n1)c1cc(OC)cs1. The summed E-state index contributed by atoms with van der Waals surface area (Å²) in [5.74, 6) is 0.931. The Labute approximate surface area is 124 Å². The van der Waals surface area contributed by atoms with Crippen LogP contribution in [0.25, 0.3) is 0 Å². The Bertz CT molecular complexity index is 533. The van der Waals surface area contributed by atoms with Crippen molar-refractivity contribution in [3.63, 3.8) is 0 Å². The lowest BCUT2D eigenvalue weighted by atomic mass is 10.1. The average Bonchev–Trinajstić information content (AvgIpc) is 3.07. The van der Waals surface area contributed by atoms with Crippen molar-refractivity contribution in [3.05, 3.63) is 34.3 Å². The monoisotopic (exact) mass is 293 g/mol. The van der Waals surface area contributed by atoms with E-state index in [1.807, 2.05) is 10.1 Å². The molecular formula is C15H23N3OS. The molecule has 0 radical (unpaired) electrons. The molecule has 2 heterocycles. The number of nitrogens with one attached hydrogen (secondary N) is 1. The molecule has 0 aromatic carbocycles. The molecule has 0 aliphatic rings. The average molecular weight is 293 g/mol. The first-order chi connectivity index (χ1) is 9.63. The Kier molecular flexibility index (Phi) is 5.20. The highest BCUT2D eigenvalue weighted by molar-refractivity contribution is 7.10. The summed E-state index contributed by atoms with van der Waals surface area (Å²) in [6.45, 7) is 7.35. The summed E-state index contributed by atoms with van der Waals surface area (Å²) in [5, 5.41) is 10.2. The minimum absolute atomic E-state index is 0.296. The standard InChI is InChI=1S/C15H23N3OS/c1-5-16-14(15-9-13(19-4)10-20-15)8-12-6-7-18(17-12)11(2)3/h6-7,9-11,14,16H,5,8H2,1-4H3. The van der Waals surface area contributed by atoms with E-state index in [0.717, 1.165) is 24.4 Å². The quantitative estimate of drug-likeness (QED) is 0.850. The van der Waals surface area contributed by atoms with E-state index in [9.17, 15) is 0 Å². The predicted molar refractivity (Wildman–Crippen MR) is 83.6 cm³/mol. The van der Waals surface area contributed by atoms with Gasteiger partial charge in [-0.15, -0.1) is 11.3 Å². The van der Waals surface area contributed by atoms with Gasteiger partial charge < -0.3 is 10.1 Å². The van der Waals surface area contributed by atoms with Gasteiger partial charge in [-0.1, -0.05) is 6.92 Å². The zero-order valence-corrected chi connectivity index (χ0v) is 13.4. The predicted octanol–water partition coefficient (Wildman–Crippen LogP) is 3.43. The van der Waals surface area contributed by atoms with Crippen molar-refractivity contribution in [2.45, 2.75) is 39.3 Å². The molecule has 0 spiro atoms. The molecule has 0 bridgehead atoms. The number of rotatable bonds is 7. The fourth-order valence-corrected chi connectivity index (χ4v) is 3.06. The molecule has 2 aromatic rings. The fraction of sp³-hybridized carbons (Fsp3) is 0.533. The van der Waals surface area contributed by atoms with Crippen molar-refractivity contribution in [1.82, 2.24) is 15.1 Å². The molecule has 0 aliphatic heterocycles. The smallest absolute Gasteiger partial charge is 0.129 e. The van der Waals surface area contributed by atoms with Crippen LogP contribution >= 0.6 is 11.3 Å². The number of nitrogens with zero attached hydrogens (tertiary/aromatic N) is 2. The van der Waals surface area contributed by atoms with E-state index in [0.29, 0.717) is 12.1 Å². The van der Waals surface area contributed by atoms with Gasteiger partial charge in [-0.3, -0.25) is 4.68 Å². The number of ether oxygens (including phenoxy) is 1. The Morgan fingerprint density at radius 2 is 2.25 bits per heavy atom. The lowest BCUT2D eigenvalue weighted by molar-refractivity contribution is 0.415. The molecule has 5 heteroatoms. The van der Waals surface area contributed by atoms with Crippen LogP contribution in [0.2, 0.25) is 0 Å². The lowest BCUT2D eigenvalue weighted by Gasteiger charge is -2.15. The second kappa shape index (κ2) is 6.90. The maximum atomic E-state index is 5.27. The van der Waals surface area contributed by atoms with Gasteiger partial charge in [-0.25, -0.2) is 0 Å². The van der Waals surface area contributed by atoms with Gasteiger partial charge in [0, 0.05) is 35.0 Å². The summed E-state index contributed by atoms with van der Waals surface area (Å²) in [7, 11) is 1.71. The van der Waals surface area contributed by atoms with E-state index < -0.39 is 0 Å². The van der Waals surface area contributed by atoms with E-state index >= 15 is 0 Å². The first kappa shape index (κ1) is 15.1. The number of hydrogen-bond donors (Lipinski definition) is 1. The van der Waals surface area contributed by atoms with Crippen LogP contribution < -0.4 is 10.1 Å². The van der Waals surface area contributed by atoms with Crippen LogP contribution in [0.3, 0.4) is 0 Å². The molecule has 2 aromatic heterocycles. The molecule has 1 atom stereocenters. The van der Waals surface area contributed by atoms with Crippen molar-refractivity contribution in [3.8, 4) is 5.75 Å². The molecule has 4 nitrogen and oxygen atoms in total. The molecule has 0 fully saturated rings. The van der Waals surface area contributed by atoms with Gasteiger partial charge in [0.1, 0.15) is 5.75 Å². The van der Waals surface area contributed by atoms with Crippen molar-refractivity contribution >= 4 is 11.3 Å². The Morgan fingerprint density at radius 3 is 2.80 bits per heavy atom. The third-order valence-electron chi connectivity index (χ3n) is 3.23. The molecule has 2 rings (SSSR count). The number of thiophene rings is 1. The second-order valence-electron chi connectivity index (χ2n) is 5.08. The van der Waals surface area contributed by atoms with Crippen molar-refractivity contribution in [2.24, 2.45) is 0 Å². The molecule has 0 amide bonds. The van der Waals surface area contributed by atoms with Gasteiger partial charge in [0.2, 0.25) is 0 Å². The zero-order chi connectivity index (χ0) is 14.5. The third kappa shape index (κ3) is 3.61. The highest BCUT2D eigenvalue weighted by Gasteiger charge is 2.15. The highest BCUT2D eigenvalue weighted by Crippen LogP contribution is 2.28. The maximum absolute atomic E-state index is 5.27. The minimum Gasteiger partial charge on any atom is -0.496 e. The van der Waals surface area contributed by atoms with E-state index in [1.165, 1.54) is 4.88 Å². The molecule has 110 valence electrons. The van der Waals surface area contributed by atoms with Gasteiger partial charge in [-0.05, 0) is 32.5 Å². The van der Waals surface area contributed by atoms with E-state index in [-0.39, 0.29) is 0 Å². The normalized spacial score (nSPS) is 12.8. The maximum Gasteiger partial charge on any atom is 0.129 e. The summed E-state index contributed by atoms with van der Waals surface area (Å²) in [6.07, 6.45) is 2.95. The molecular weight excluding hydrogens is 270 g/mol. The fourth-order valence-electron chi connectivity index (χ4n) is 2.13. The van der Waals surface area contributed by atoms with E-state index in [1.54, 1.807) is 18.4 Å². The molecule has 1 unspecified atom stereocenters. The highest BCUT2D eigenvalue weighted by atomic mass is 32.1. The summed E-state index contributed by atoms with van der Waals surface area (Å²) >= 11 is 1.73. The number of methoxy groups -OCH3 is 1. The van der Waals surface area contributed by atoms with Crippen LogP contribution in [0.15, 0.2) is 23.7 Å². The van der Waals surface area contributed by atoms with Gasteiger partial charge in [0.25, 0.3) is 0 Å². The van der Waals surface area contributed by atoms with Gasteiger partial charge in [-0.2, -0.15) is 5.10 Å². The second-order valence-corrected chi connectivity index (χ2v) is 6.03. The van der Waals surface area contributed by atoms with E-state index in [4.69, 9.17) is 4.74 Å². The number of likely N-dealkylation sites (N-methyl/N-ethyl adjacent to an activating group) is 1. The van der Waals surface area contributed by atoms with Gasteiger partial charge in [0.05, 0.1) is 12.8 Å². The topological polar surface area (TPSA) is 39.1 Å². The molecule has 20 heavy (non-hydrogen) atoms. The van der Waals surface area contributed by atoms with Gasteiger partial charge >= 0.3 is 0 Å². The van der Waals surface area contributed by atoms with Crippen molar-refractivity contribution in [2.75, 3.05) is 13.7 Å². The summed E-state index contributed by atoms with van der Waals surface area (Å²) < 4.78 is 7.28. The van der Waals surface area contributed by atoms with Crippen LogP contribution in [-0.2, 0) is 6.42 Å². The van der Waals surface area contributed by atoms with Gasteiger partial charge in [0.15, 0.2) is 0 Å². The summed E-state index contributed by atoms with van der Waals surface area (Å²) in [4.78, 5) is 1.29. The Morgan fingerprint density at radius 1 is 1.45 bits per heavy atom. The van der Waals surface area contributed by atoms with Crippen LogP contribution in [0, 0.1) is 0 Å². The Hall–Kier alpha value is -1.33. The number of aromatic nitrogens is 2. The van der Waals surface area contributed by atoms with Crippen LogP contribution in [0.4, 0.5) is 0 Å². The largest absolute Gasteiger partial charge is 0.496 e. The Balaban J connectivity index is 2.11. The molecule has 0 aliphatic carbocycles. The lowest BCUT2D eigenvalue weighted by Crippen LogP contribution is -2.22.